The van der Waals surface area contributed by atoms with Crippen molar-refractivity contribution in [3.63, 3.8) is 0 Å². The molecule has 0 saturated carbocycles. The third-order valence-electron chi connectivity index (χ3n) is 2.10. The van der Waals surface area contributed by atoms with Crippen molar-refractivity contribution in [3.05, 3.63) is 28.6 Å². The van der Waals surface area contributed by atoms with Gasteiger partial charge in [0.25, 0.3) is 0 Å². The Hall–Kier alpha value is -1.73. The highest BCUT2D eigenvalue weighted by molar-refractivity contribution is 5.59. The highest BCUT2D eigenvalue weighted by Gasteiger charge is 2.11. The van der Waals surface area contributed by atoms with Crippen molar-refractivity contribution < 1.29 is 9.66 Å². The van der Waals surface area contributed by atoms with Crippen LogP contribution >= 0.6 is 0 Å². The SMILES string of the molecule is COCCNCCNc1ccncc1[N+](=O)[O-]. The van der Waals surface area contributed by atoms with Gasteiger partial charge in [0.05, 0.1) is 11.5 Å². The highest BCUT2D eigenvalue weighted by atomic mass is 16.6. The maximum Gasteiger partial charge on any atom is 0.310 e. The summed E-state index contributed by atoms with van der Waals surface area (Å²) in [4.78, 5) is 14.0. The summed E-state index contributed by atoms with van der Waals surface area (Å²) >= 11 is 0. The summed E-state index contributed by atoms with van der Waals surface area (Å²) in [7, 11) is 1.64. The van der Waals surface area contributed by atoms with E-state index >= 15 is 0 Å². The van der Waals surface area contributed by atoms with Crippen molar-refractivity contribution >= 4 is 11.4 Å². The molecule has 0 radical (unpaired) electrons. The Morgan fingerprint density at radius 2 is 2.29 bits per heavy atom. The fourth-order valence-corrected chi connectivity index (χ4v) is 1.27. The summed E-state index contributed by atoms with van der Waals surface area (Å²) < 4.78 is 4.88. The maximum atomic E-state index is 10.7. The average molecular weight is 240 g/mol. The molecule has 0 aliphatic rings. The Morgan fingerprint density at radius 1 is 1.47 bits per heavy atom. The van der Waals surface area contributed by atoms with Gasteiger partial charge in [-0.2, -0.15) is 0 Å². The Kier molecular flexibility index (Phi) is 5.91. The molecule has 0 unspecified atom stereocenters. The number of methoxy groups -OCH3 is 1. The second-order valence-electron chi connectivity index (χ2n) is 3.32. The van der Waals surface area contributed by atoms with E-state index < -0.39 is 4.92 Å². The third kappa shape index (κ3) is 4.75. The molecule has 2 N–H and O–H groups in total. The number of nitro groups is 1. The van der Waals surface area contributed by atoms with Crippen molar-refractivity contribution in [3.8, 4) is 0 Å². The van der Waals surface area contributed by atoms with Gasteiger partial charge < -0.3 is 15.4 Å². The van der Waals surface area contributed by atoms with Crippen molar-refractivity contribution in [1.29, 1.82) is 0 Å². The molecule has 0 aliphatic carbocycles. The largest absolute Gasteiger partial charge is 0.383 e. The first-order chi connectivity index (χ1) is 8.25. The van der Waals surface area contributed by atoms with Crippen LogP contribution in [0.3, 0.4) is 0 Å². The first-order valence-corrected chi connectivity index (χ1v) is 5.27. The summed E-state index contributed by atoms with van der Waals surface area (Å²) in [6, 6.07) is 1.59. The molecule has 0 bridgehead atoms. The lowest BCUT2D eigenvalue weighted by molar-refractivity contribution is -0.384. The van der Waals surface area contributed by atoms with Crippen molar-refractivity contribution in [2.24, 2.45) is 0 Å². The van der Waals surface area contributed by atoms with Gasteiger partial charge in [-0.05, 0) is 6.07 Å². The van der Waals surface area contributed by atoms with E-state index in [1.165, 1.54) is 12.4 Å². The predicted octanol–water partition coefficient (Wildman–Crippen LogP) is 0.638. The zero-order valence-electron chi connectivity index (χ0n) is 9.68. The lowest BCUT2D eigenvalue weighted by Gasteiger charge is -2.07. The molecular formula is C10H16N4O3. The molecule has 0 aliphatic heterocycles. The van der Waals surface area contributed by atoms with E-state index in [-0.39, 0.29) is 5.69 Å². The van der Waals surface area contributed by atoms with Crippen LogP contribution < -0.4 is 10.6 Å². The summed E-state index contributed by atoms with van der Waals surface area (Å²) in [5.74, 6) is 0. The standard InChI is InChI=1S/C10H16N4O3/c1-17-7-6-11-4-5-13-9-2-3-12-8-10(9)14(15)16/h2-3,8,11H,4-7H2,1H3,(H,12,13). The van der Waals surface area contributed by atoms with Gasteiger partial charge >= 0.3 is 5.69 Å². The number of anilines is 1. The van der Waals surface area contributed by atoms with Crippen LogP contribution in [-0.4, -0.2) is 43.3 Å². The number of nitrogens with one attached hydrogen (secondary N) is 2. The fraction of sp³-hybridized carbons (Fsp3) is 0.500. The molecule has 0 atom stereocenters. The molecular weight excluding hydrogens is 224 g/mol. The van der Waals surface area contributed by atoms with Gasteiger partial charge in [-0.3, -0.25) is 15.1 Å². The molecule has 94 valence electrons. The smallest absolute Gasteiger partial charge is 0.310 e. The Labute approximate surface area is 99.3 Å². The molecule has 1 aromatic rings. The van der Waals surface area contributed by atoms with E-state index in [1.54, 1.807) is 13.2 Å². The number of nitrogens with zero attached hydrogens (tertiary/aromatic N) is 2. The fourth-order valence-electron chi connectivity index (χ4n) is 1.27. The minimum atomic E-state index is -0.451. The van der Waals surface area contributed by atoms with Gasteiger partial charge in [0.15, 0.2) is 0 Å². The highest BCUT2D eigenvalue weighted by Crippen LogP contribution is 2.21. The molecule has 0 spiro atoms. The van der Waals surface area contributed by atoms with E-state index in [1.807, 2.05) is 0 Å². The van der Waals surface area contributed by atoms with Crippen LogP contribution in [0.4, 0.5) is 11.4 Å². The molecule has 0 aromatic carbocycles. The van der Waals surface area contributed by atoms with Gasteiger partial charge in [0.2, 0.25) is 0 Å². The molecule has 17 heavy (non-hydrogen) atoms. The van der Waals surface area contributed by atoms with Gasteiger partial charge in [-0.15, -0.1) is 0 Å². The normalized spacial score (nSPS) is 10.2. The monoisotopic (exact) mass is 240 g/mol. The maximum absolute atomic E-state index is 10.7. The zero-order chi connectivity index (χ0) is 12.5. The summed E-state index contributed by atoms with van der Waals surface area (Å²) in [5.41, 5.74) is 0.475. The van der Waals surface area contributed by atoms with Crippen LogP contribution in [0.5, 0.6) is 0 Å². The van der Waals surface area contributed by atoms with Crippen LogP contribution in [0.15, 0.2) is 18.5 Å². The summed E-state index contributed by atoms with van der Waals surface area (Å²) in [5, 5.41) is 16.8. The number of hydrogen-bond acceptors (Lipinski definition) is 6. The zero-order valence-corrected chi connectivity index (χ0v) is 9.68. The van der Waals surface area contributed by atoms with Crippen LogP contribution in [0.2, 0.25) is 0 Å². The van der Waals surface area contributed by atoms with E-state index in [0.717, 1.165) is 6.54 Å². The quantitative estimate of drug-likeness (QED) is 0.394. The van der Waals surface area contributed by atoms with Gasteiger partial charge in [0, 0.05) is 32.9 Å². The first-order valence-electron chi connectivity index (χ1n) is 5.27. The van der Waals surface area contributed by atoms with Crippen molar-refractivity contribution in [1.82, 2.24) is 10.3 Å². The summed E-state index contributed by atoms with van der Waals surface area (Å²) in [6.07, 6.45) is 2.76. The Balaban J connectivity index is 2.34. The lowest BCUT2D eigenvalue weighted by Crippen LogP contribution is -2.25. The number of aromatic nitrogens is 1. The molecule has 7 heteroatoms. The number of rotatable bonds is 8. The topological polar surface area (TPSA) is 89.3 Å². The number of pyridine rings is 1. The molecule has 0 saturated heterocycles. The van der Waals surface area contributed by atoms with Crippen LogP contribution in [0.1, 0.15) is 0 Å². The second-order valence-corrected chi connectivity index (χ2v) is 3.32. The minimum absolute atomic E-state index is 0.00982. The molecule has 0 amide bonds. The number of hydrogen-bond donors (Lipinski definition) is 2. The molecule has 1 aromatic heterocycles. The Morgan fingerprint density at radius 3 is 3.00 bits per heavy atom. The van der Waals surface area contributed by atoms with Gasteiger partial charge in [-0.25, -0.2) is 0 Å². The minimum Gasteiger partial charge on any atom is -0.383 e. The van der Waals surface area contributed by atoms with Crippen LogP contribution in [0, 0.1) is 10.1 Å². The van der Waals surface area contributed by atoms with Crippen molar-refractivity contribution in [2.45, 2.75) is 0 Å². The van der Waals surface area contributed by atoms with Gasteiger partial charge in [0.1, 0.15) is 11.9 Å². The molecule has 0 fully saturated rings. The van der Waals surface area contributed by atoms with E-state index in [2.05, 4.69) is 15.6 Å². The summed E-state index contributed by atoms with van der Waals surface area (Å²) in [6.45, 7) is 2.73. The van der Waals surface area contributed by atoms with Gasteiger partial charge in [-0.1, -0.05) is 0 Å². The van der Waals surface area contributed by atoms with Crippen LogP contribution in [0.25, 0.3) is 0 Å². The van der Waals surface area contributed by atoms with E-state index in [4.69, 9.17) is 4.74 Å². The second kappa shape index (κ2) is 7.53. The average Bonchev–Trinajstić information content (AvgIpc) is 2.34. The lowest BCUT2D eigenvalue weighted by atomic mass is 10.3. The van der Waals surface area contributed by atoms with E-state index in [0.29, 0.717) is 25.4 Å². The molecule has 1 heterocycles. The predicted molar refractivity (Wildman–Crippen MR) is 64.1 cm³/mol. The molecule has 1 rings (SSSR count). The van der Waals surface area contributed by atoms with Crippen molar-refractivity contribution in [2.75, 3.05) is 38.7 Å². The molecule has 7 nitrogen and oxygen atoms in total. The van der Waals surface area contributed by atoms with E-state index in [9.17, 15) is 10.1 Å². The number of ether oxygens (including phenoxy) is 1. The van der Waals surface area contributed by atoms with Crippen LogP contribution in [-0.2, 0) is 4.74 Å². The Bertz CT molecular complexity index is 359. The first kappa shape index (κ1) is 13.3. The third-order valence-corrected chi connectivity index (χ3v) is 2.10.